The van der Waals surface area contributed by atoms with Gasteiger partial charge in [-0.1, -0.05) is 65.2 Å². The lowest BCUT2D eigenvalue weighted by Gasteiger charge is -2.26. The predicted octanol–water partition coefficient (Wildman–Crippen LogP) is 4.56. The fourth-order valence-electron chi connectivity index (χ4n) is 1.91. The molecule has 3 heteroatoms. The molecule has 0 amide bonds. The summed E-state index contributed by atoms with van der Waals surface area (Å²) < 4.78 is 0. The lowest BCUT2D eigenvalue weighted by Crippen LogP contribution is -2.23. The highest BCUT2D eigenvalue weighted by Crippen LogP contribution is 2.37. The fraction of sp³-hybridized carbons (Fsp3) is 0.200. The van der Waals surface area contributed by atoms with Crippen molar-refractivity contribution < 1.29 is 5.11 Å². The summed E-state index contributed by atoms with van der Waals surface area (Å²) in [6, 6.07) is 13.0. The van der Waals surface area contributed by atoms with Gasteiger partial charge in [0.25, 0.3) is 0 Å². The van der Waals surface area contributed by atoms with Gasteiger partial charge in [-0.2, -0.15) is 0 Å². The average Bonchev–Trinajstić information content (AvgIpc) is 2.33. The summed E-state index contributed by atoms with van der Waals surface area (Å²) in [5, 5.41) is 11.5. The first kappa shape index (κ1) is 13.4. The molecule has 1 unspecified atom stereocenters. The van der Waals surface area contributed by atoms with Crippen LogP contribution in [0.15, 0.2) is 42.5 Å². The second kappa shape index (κ2) is 4.93. The zero-order chi connectivity index (χ0) is 13.3. The lowest BCUT2D eigenvalue weighted by molar-refractivity contribution is 0.102. The maximum Gasteiger partial charge on any atom is 0.113 e. The molecule has 0 radical (unpaired) electrons. The lowest BCUT2D eigenvalue weighted by atomic mass is 9.88. The van der Waals surface area contributed by atoms with E-state index in [-0.39, 0.29) is 0 Å². The SMILES string of the molecule is Cc1ccc(C(C)(O)c2cccc(Cl)c2Cl)cc1. The Labute approximate surface area is 117 Å². The van der Waals surface area contributed by atoms with Crippen LogP contribution in [0.3, 0.4) is 0 Å². The Morgan fingerprint density at radius 1 is 1.00 bits per heavy atom. The molecule has 1 nitrogen and oxygen atoms in total. The predicted molar refractivity (Wildman–Crippen MR) is 76.3 cm³/mol. The summed E-state index contributed by atoms with van der Waals surface area (Å²) in [5.41, 5.74) is 1.39. The van der Waals surface area contributed by atoms with E-state index in [1.807, 2.05) is 31.2 Å². The monoisotopic (exact) mass is 280 g/mol. The minimum absolute atomic E-state index is 0.393. The molecule has 0 spiro atoms. The molecule has 94 valence electrons. The molecular formula is C15H14Cl2O. The molecule has 0 bridgehead atoms. The summed E-state index contributed by atoms with van der Waals surface area (Å²) in [5.74, 6) is 0. The van der Waals surface area contributed by atoms with Gasteiger partial charge in [0, 0.05) is 5.56 Å². The van der Waals surface area contributed by atoms with Crippen LogP contribution in [0.4, 0.5) is 0 Å². The Kier molecular flexibility index (Phi) is 3.67. The largest absolute Gasteiger partial charge is 0.381 e. The van der Waals surface area contributed by atoms with Crippen LogP contribution in [0, 0.1) is 6.92 Å². The first-order valence-electron chi connectivity index (χ1n) is 5.67. The van der Waals surface area contributed by atoms with Crippen LogP contribution in [0.25, 0.3) is 0 Å². The van der Waals surface area contributed by atoms with Crippen molar-refractivity contribution in [2.45, 2.75) is 19.4 Å². The Balaban J connectivity index is 2.54. The molecule has 0 saturated carbocycles. The van der Waals surface area contributed by atoms with Crippen molar-refractivity contribution in [2.75, 3.05) is 0 Å². The molecule has 0 aliphatic rings. The molecule has 0 heterocycles. The molecule has 0 fully saturated rings. The van der Waals surface area contributed by atoms with Gasteiger partial charge in [-0.15, -0.1) is 0 Å². The van der Waals surface area contributed by atoms with Crippen LogP contribution < -0.4 is 0 Å². The van der Waals surface area contributed by atoms with E-state index in [0.29, 0.717) is 15.6 Å². The maximum atomic E-state index is 10.7. The van der Waals surface area contributed by atoms with E-state index in [9.17, 15) is 5.11 Å². The summed E-state index contributed by atoms with van der Waals surface area (Å²) in [6.45, 7) is 3.72. The van der Waals surface area contributed by atoms with Crippen molar-refractivity contribution in [3.05, 3.63) is 69.2 Å². The number of hydrogen-bond donors (Lipinski definition) is 1. The van der Waals surface area contributed by atoms with Crippen molar-refractivity contribution in [1.82, 2.24) is 0 Å². The first-order valence-corrected chi connectivity index (χ1v) is 6.42. The molecule has 0 aliphatic heterocycles. The highest BCUT2D eigenvalue weighted by Gasteiger charge is 2.28. The summed E-state index contributed by atoms with van der Waals surface area (Å²) in [7, 11) is 0. The Morgan fingerprint density at radius 2 is 1.61 bits per heavy atom. The van der Waals surface area contributed by atoms with Gasteiger partial charge in [-0.25, -0.2) is 0 Å². The minimum Gasteiger partial charge on any atom is -0.381 e. The van der Waals surface area contributed by atoms with Crippen LogP contribution >= 0.6 is 23.2 Å². The summed E-state index contributed by atoms with van der Waals surface area (Å²) in [4.78, 5) is 0. The molecule has 2 rings (SSSR count). The second-order valence-corrected chi connectivity index (χ2v) is 5.32. The number of aryl methyl sites for hydroxylation is 1. The van der Waals surface area contributed by atoms with Crippen molar-refractivity contribution in [1.29, 1.82) is 0 Å². The van der Waals surface area contributed by atoms with E-state index in [4.69, 9.17) is 23.2 Å². The number of rotatable bonds is 2. The molecule has 1 N–H and O–H groups in total. The van der Waals surface area contributed by atoms with Gasteiger partial charge in [0.2, 0.25) is 0 Å². The van der Waals surface area contributed by atoms with Crippen molar-refractivity contribution in [3.8, 4) is 0 Å². The third-order valence-electron chi connectivity index (χ3n) is 3.09. The minimum atomic E-state index is -1.16. The standard InChI is InChI=1S/C15H14Cl2O/c1-10-6-8-11(9-7-10)15(2,18)12-4-3-5-13(16)14(12)17/h3-9,18H,1-2H3. The summed E-state index contributed by atoms with van der Waals surface area (Å²) >= 11 is 12.2. The number of hydrogen-bond acceptors (Lipinski definition) is 1. The van der Waals surface area contributed by atoms with Crippen LogP contribution in [-0.4, -0.2) is 5.11 Å². The second-order valence-electron chi connectivity index (χ2n) is 4.54. The molecule has 0 aliphatic carbocycles. The van der Waals surface area contributed by atoms with Crippen molar-refractivity contribution >= 4 is 23.2 Å². The molecule has 1 atom stereocenters. The zero-order valence-corrected chi connectivity index (χ0v) is 11.8. The molecule has 0 aromatic heterocycles. The number of aliphatic hydroxyl groups is 1. The smallest absolute Gasteiger partial charge is 0.113 e. The Morgan fingerprint density at radius 3 is 2.22 bits per heavy atom. The average molecular weight is 281 g/mol. The summed E-state index contributed by atoms with van der Waals surface area (Å²) in [6.07, 6.45) is 0. The van der Waals surface area contributed by atoms with Crippen LogP contribution in [0.2, 0.25) is 10.0 Å². The van der Waals surface area contributed by atoms with Crippen molar-refractivity contribution in [3.63, 3.8) is 0 Å². The van der Waals surface area contributed by atoms with Crippen LogP contribution in [0.5, 0.6) is 0 Å². The Bertz CT molecular complexity index is 559. The van der Waals surface area contributed by atoms with Gasteiger partial charge in [0.1, 0.15) is 5.60 Å². The first-order chi connectivity index (χ1) is 8.43. The molecular weight excluding hydrogens is 267 g/mol. The van der Waals surface area contributed by atoms with Gasteiger partial charge in [0.05, 0.1) is 10.0 Å². The van der Waals surface area contributed by atoms with E-state index in [1.165, 1.54) is 0 Å². The topological polar surface area (TPSA) is 20.2 Å². The van der Waals surface area contributed by atoms with Crippen molar-refractivity contribution in [2.24, 2.45) is 0 Å². The van der Waals surface area contributed by atoms with Crippen LogP contribution in [0.1, 0.15) is 23.6 Å². The van der Waals surface area contributed by atoms with Gasteiger partial charge in [-0.05, 0) is 25.5 Å². The Hall–Kier alpha value is -1.02. The number of benzene rings is 2. The molecule has 0 saturated heterocycles. The van der Waals surface area contributed by atoms with E-state index in [1.54, 1.807) is 25.1 Å². The van der Waals surface area contributed by atoms with E-state index in [0.717, 1.165) is 11.1 Å². The van der Waals surface area contributed by atoms with E-state index in [2.05, 4.69) is 0 Å². The van der Waals surface area contributed by atoms with E-state index >= 15 is 0 Å². The maximum absolute atomic E-state index is 10.7. The fourth-order valence-corrected chi connectivity index (χ4v) is 2.40. The van der Waals surface area contributed by atoms with Crippen LogP contribution in [-0.2, 0) is 5.60 Å². The van der Waals surface area contributed by atoms with E-state index < -0.39 is 5.60 Å². The highest BCUT2D eigenvalue weighted by atomic mass is 35.5. The van der Waals surface area contributed by atoms with Gasteiger partial charge < -0.3 is 5.11 Å². The number of halogens is 2. The molecule has 2 aromatic rings. The normalized spacial score (nSPS) is 14.3. The zero-order valence-electron chi connectivity index (χ0n) is 10.2. The third-order valence-corrected chi connectivity index (χ3v) is 3.91. The highest BCUT2D eigenvalue weighted by molar-refractivity contribution is 6.42. The van der Waals surface area contributed by atoms with Gasteiger partial charge in [-0.3, -0.25) is 0 Å². The third kappa shape index (κ3) is 2.39. The van der Waals surface area contributed by atoms with Gasteiger partial charge >= 0.3 is 0 Å². The molecule has 2 aromatic carbocycles. The quantitative estimate of drug-likeness (QED) is 0.855. The molecule has 18 heavy (non-hydrogen) atoms. The van der Waals surface area contributed by atoms with Gasteiger partial charge in [0.15, 0.2) is 0 Å².